The summed E-state index contributed by atoms with van der Waals surface area (Å²) < 4.78 is 18.8. The standard InChI is InChI=1S/C16H13Cl2FN2O4/c17-10-3-8(19)4-11(18)15(10)21-9(7-23)5-13(24)14-12(21)6-20-16(14)25-2-1-22/h3-6,12,22-23H,1-2,7H2. The van der Waals surface area contributed by atoms with Crippen molar-refractivity contribution in [2.45, 2.75) is 6.04 Å². The van der Waals surface area contributed by atoms with Gasteiger partial charge in [0, 0.05) is 18.0 Å². The zero-order chi connectivity index (χ0) is 18.1. The molecule has 9 heteroatoms. The Labute approximate surface area is 152 Å². The fourth-order valence-corrected chi connectivity index (χ4v) is 3.40. The van der Waals surface area contributed by atoms with Crippen LogP contribution < -0.4 is 4.90 Å². The zero-order valence-corrected chi connectivity index (χ0v) is 14.3. The van der Waals surface area contributed by atoms with Gasteiger partial charge in [0.05, 0.1) is 34.5 Å². The second kappa shape index (κ2) is 7.13. The number of carbonyl (C=O) groups is 1. The van der Waals surface area contributed by atoms with E-state index in [0.29, 0.717) is 0 Å². The second-order valence-corrected chi connectivity index (χ2v) is 6.07. The minimum absolute atomic E-state index is 0.0230. The molecule has 1 aromatic carbocycles. The molecule has 1 aromatic rings. The molecule has 0 amide bonds. The van der Waals surface area contributed by atoms with Crippen LogP contribution in [0.15, 0.2) is 40.4 Å². The van der Waals surface area contributed by atoms with Crippen LogP contribution in [0.2, 0.25) is 10.0 Å². The molecule has 2 heterocycles. The van der Waals surface area contributed by atoms with E-state index in [9.17, 15) is 14.3 Å². The van der Waals surface area contributed by atoms with Gasteiger partial charge in [-0.25, -0.2) is 9.38 Å². The Morgan fingerprint density at radius 2 is 1.96 bits per heavy atom. The summed E-state index contributed by atoms with van der Waals surface area (Å²) in [6, 6.07) is 1.47. The summed E-state index contributed by atoms with van der Waals surface area (Å²) in [5, 5.41) is 18.6. The van der Waals surface area contributed by atoms with Gasteiger partial charge in [-0.1, -0.05) is 23.2 Å². The van der Waals surface area contributed by atoms with Crippen molar-refractivity contribution in [2.24, 2.45) is 4.99 Å². The Bertz CT molecular complexity index is 799. The lowest BCUT2D eigenvalue weighted by molar-refractivity contribution is -0.112. The van der Waals surface area contributed by atoms with E-state index >= 15 is 0 Å². The number of aliphatic imine (C=N–C) groups is 1. The molecule has 0 fully saturated rings. The molecule has 0 saturated carbocycles. The van der Waals surface area contributed by atoms with Gasteiger partial charge in [0.1, 0.15) is 18.5 Å². The molecule has 2 aliphatic heterocycles. The van der Waals surface area contributed by atoms with Crippen LogP contribution in [-0.2, 0) is 9.53 Å². The molecule has 0 saturated heterocycles. The van der Waals surface area contributed by atoms with Gasteiger partial charge in [-0.15, -0.1) is 0 Å². The molecule has 3 rings (SSSR count). The van der Waals surface area contributed by atoms with Crippen molar-refractivity contribution in [2.75, 3.05) is 24.7 Å². The molecule has 1 atom stereocenters. The Morgan fingerprint density at radius 1 is 1.28 bits per heavy atom. The number of hydrogen-bond acceptors (Lipinski definition) is 6. The van der Waals surface area contributed by atoms with Gasteiger partial charge in [0.25, 0.3) is 0 Å². The molecule has 2 aliphatic rings. The van der Waals surface area contributed by atoms with Crippen LogP contribution in [0.25, 0.3) is 0 Å². The number of aliphatic hydroxyl groups is 2. The van der Waals surface area contributed by atoms with E-state index in [1.807, 2.05) is 0 Å². The second-order valence-electron chi connectivity index (χ2n) is 5.26. The van der Waals surface area contributed by atoms with Crippen molar-refractivity contribution < 1.29 is 24.1 Å². The van der Waals surface area contributed by atoms with Gasteiger partial charge in [0.15, 0.2) is 5.78 Å². The summed E-state index contributed by atoms with van der Waals surface area (Å²) in [6.07, 6.45) is 2.66. The molecule has 25 heavy (non-hydrogen) atoms. The predicted octanol–water partition coefficient (Wildman–Crippen LogP) is 2.07. The van der Waals surface area contributed by atoms with Crippen molar-refractivity contribution in [1.29, 1.82) is 0 Å². The van der Waals surface area contributed by atoms with E-state index in [4.69, 9.17) is 33.0 Å². The highest BCUT2D eigenvalue weighted by Crippen LogP contribution is 2.42. The van der Waals surface area contributed by atoms with E-state index in [0.717, 1.165) is 12.1 Å². The Kier molecular flexibility index (Phi) is 5.10. The third-order valence-electron chi connectivity index (χ3n) is 3.72. The van der Waals surface area contributed by atoms with E-state index in [2.05, 4.69) is 4.99 Å². The molecule has 0 bridgehead atoms. The maximum absolute atomic E-state index is 13.5. The molecule has 2 N–H and O–H groups in total. The van der Waals surface area contributed by atoms with Crippen LogP contribution in [0.4, 0.5) is 10.1 Å². The normalized spacial score (nSPS) is 19.4. The minimum atomic E-state index is -0.714. The van der Waals surface area contributed by atoms with Crippen molar-refractivity contribution in [3.63, 3.8) is 0 Å². The van der Waals surface area contributed by atoms with Crippen LogP contribution in [-0.4, -0.2) is 48.1 Å². The topological polar surface area (TPSA) is 82.4 Å². The smallest absolute Gasteiger partial charge is 0.222 e. The van der Waals surface area contributed by atoms with Gasteiger partial charge in [-0.05, 0) is 12.1 Å². The number of ketones is 1. The first kappa shape index (κ1) is 17.9. The number of ether oxygens (including phenoxy) is 1. The summed E-state index contributed by atoms with van der Waals surface area (Å²) in [7, 11) is 0. The maximum atomic E-state index is 13.5. The van der Waals surface area contributed by atoms with Gasteiger partial charge >= 0.3 is 0 Å². The number of hydrogen-bond donors (Lipinski definition) is 2. The third-order valence-corrected chi connectivity index (χ3v) is 4.30. The number of anilines is 1. The summed E-state index contributed by atoms with van der Waals surface area (Å²) in [4.78, 5) is 18.0. The van der Waals surface area contributed by atoms with Crippen molar-refractivity contribution in [3.8, 4) is 0 Å². The monoisotopic (exact) mass is 386 g/mol. The van der Waals surface area contributed by atoms with Crippen molar-refractivity contribution >= 4 is 40.9 Å². The fraction of sp³-hybridized carbons (Fsp3) is 0.250. The lowest BCUT2D eigenvalue weighted by Crippen LogP contribution is -2.43. The molecule has 6 nitrogen and oxygen atoms in total. The molecule has 0 aromatic heterocycles. The molecule has 0 spiro atoms. The molecular formula is C16H13Cl2FN2O4. The predicted molar refractivity (Wildman–Crippen MR) is 91.4 cm³/mol. The Morgan fingerprint density at radius 3 is 2.56 bits per heavy atom. The van der Waals surface area contributed by atoms with Crippen molar-refractivity contribution in [1.82, 2.24) is 0 Å². The summed E-state index contributed by atoms with van der Waals surface area (Å²) >= 11 is 12.3. The molecule has 0 aliphatic carbocycles. The lowest BCUT2D eigenvalue weighted by atomic mass is 9.97. The highest BCUT2D eigenvalue weighted by Gasteiger charge is 2.40. The zero-order valence-electron chi connectivity index (χ0n) is 12.7. The number of aliphatic hydroxyl groups excluding tert-OH is 2. The average molecular weight is 387 g/mol. The SMILES string of the molecule is O=C1C=C(CO)N(c2c(Cl)cc(F)cc2Cl)C2C=NC(OCCO)=C12. The third kappa shape index (κ3) is 3.16. The van der Waals surface area contributed by atoms with Gasteiger partial charge in [0.2, 0.25) is 5.88 Å². The first-order chi connectivity index (χ1) is 12.0. The van der Waals surface area contributed by atoms with Crippen LogP contribution in [0, 0.1) is 5.82 Å². The van der Waals surface area contributed by atoms with Crippen LogP contribution in [0.1, 0.15) is 0 Å². The molecule has 1 unspecified atom stereocenters. The van der Waals surface area contributed by atoms with Gasteiger partial charge in [-0.3, -0.25) is 4.79 Å². The van der Waals surface area contributed by atoms with E-state index in [-0.39, 0.29) is 51.9 Å². The number of carbonyl (C=O) groups excluding carboxylic acids is 1. The molecular weight excluding hydrogens is 374 g/mol. The maximum Gasteiger partial charge on any atom is 0.222 e. The minimum Gasteiger partial charge on any atom is -0.475 e. The van der Waals surface area contributed by atoms with E-state index in [1.165, 1.54) is 17.2 Å². The largest absolute Gasteiger partial charge is 0.475 e. The number of nitrogens with zero attached hydrogens (tertiary/aromatic N) is 2. The van der Waals surface area contributed by atoms with Crippen LogP contribution in [0.3, 0.4) is 0 Å². The van der Waals surface area contributed by atoms with Gasteiger partial charge < -0.3 is 19.8 Å². The number of fused-ring (bicyclic) bond motifs is 1. The molecule has 0 radical (unpaired) electrons. The van der Waals surface area contributed by atoms with Gasteiger partial charge in [-0.2, -0.15) is 0 Å². The summed E-state index contributed by atoms with van der Waals surface area (Å²) in [6.45, 7) is -0.715. The average Bonchev–Trinajstić information content (AvgIpc) is 2.98. The Hall–Kier alpha value is -1.93. The van der Waals surface area contributed by atoms with E-state index < -0.39 is 18.5 Å². The highest BCUT2D eigenvalue weighted by atomic mass is 35.5. The quantitative estimate of drug-likeness (QED) is 0.809. The highest BCUT2D eigenvalue weighted by molar-refractivity contribution is 6.39. The first-order valence-electron chi connectivity index (χ1n) is 7.29. The lowest BCUT2D eigenvalue weighted by Gasteiger charge is -2.36. The Balaban J connectivity index is 2.13. The summed E-state index contributed by atoms with van der Waals surface area (Å²) in [5.74, 6) is -0.911. The number of benzene rings is 1. The number of rotatable bonds is 5. The first-order valence-corrected chi connectivity index (χ1v) is 8.05. The molecule has 132 valence electrons. The van der Waals surface area contributed by atoms with E-state index in [1.54, 1.807) is 0 Å². The van der Waals surface area contributed by atoms with Crippen molar-refractivity contribution in [3.05, 3.63) is 51.2 Å². The number of allylic oxidation sites excluding steroid dienone is 1. The fourth-order valence-electron chi connectivity index (χ4n) is 2.76. The number of halogens is 3. The van der Waals surface area contributed by atoms with Crippen LogP contribution >= 0.6 is 23.2 Å². The van der Waals surface area contributed by atoms with Crippen LogP contribution in [0.5, 0.6) is 0 Å². The summed E-state index contributed by atoms with van der Waals surface area (Å²) in [5.41, 5.74) is 0.709.